The molecule has 30 heavy (non-hydrogen) atoms. The highest BCUT2D eigenvalue weighted by atomic mass is 35.5. The molecule has 0 aliphatic heterocycles. The SMILES string of the molecule is CC(C)c1ccc(C2=CC=CCC2(PCCCCCC(Cl)Cl)C(C)C)c(C(C)C)c1. The summed E-state index contributed by atoms with van der Waals surface area (Å²) in [6, 6.07) is 7.24. The number of halogens is 2. The van der Waals surface area contributed by atoms with Gasteiger partial charge in [0.15, 0.2) is 0 Å². The topological polar surface area (TPSA) is 0 Å². The Morgan fingerprint density at radius 2 is 1.70 bits per heavy atom. The second kappa shape index (κ2) is 12.1. The van der Waals surface area contributed by atoms with Gasteiger partial charge in [0, 0.05) is 5.16 Å². The lowest BCUT2D eigenvalue weighted by molar-refractivity contribution is 0.518. The summed E-state index contributed by atoms with van der Waals surface area (Å²) in [7, 11) is 0.941. The lowest BCUT2D eigenvalue weighted by atomic mass is 9.75. The van der Waals surface area contributed by atoms with E-state index in [1.807, 2.05) is 0 Å². The highest BCUT2D eigenvalue weighted by molar-refractivity contribution is 7.41. The molecule has 0 nitrogen and oxygen atoms in total. The zero-order chi connectivity index (χ0) is 22.3. The molecule has 0 N–H and O–H groups in total. The lowest BCUT2D eigenvalue weighted by Gasteiger charge is -2.42. The zero-order valence-corrected chi connectivity index (χ0v) is 22.3. The van der Waals surface area contributed by atoms with E-state index >= 15 is 0 Å². The largest absolute Gasteiger partial charge is 0.110 e. The molecule has 0 fully saturated rings. The fraction of sp³-hybridized carbons (Fsp3) is 0.630. The fourth-order valence-corrected chi connectivity index (χ4v) is 6.76. The van der Waals surface area contributed by atoms with Crippen LogP contribution in [0, 0.1) is 5.92 Å². The van der Waals surface area contributed by atoms with Crippen molar-refractivity contribution in [1.29, 1.82) is 0 Å². The van der Waals surface area contributed by atoms with E-state index in [1.54, 1.807) is 5.57 Å². The van der Waals surface area contributed by atoms with Gasteiger partial charge in [-0.15, -0.1) is 31.8 Å². The molecule has 0 amide bonds. The number of allylic oxidation sites excluding steroid dienone is 4. The Morgan fingerprint density at radius 1 is 0.967 bits per heavy atom. The van der Waals surface area contributed by atoms with Crippen LogP contribution in [0.2, 0.25) is 0 Å². The van der Waals surface area contributed by atoms with E-state index in [0.29, 0.717) is 17.8 Å². The maximum atomic E-state index is 5.89. The summed E-state index contributed by atoms with van der Waals surface area (Å²) < 4.78 is 0. The first kappa shape index (κ1) is 26.0. The van der Waals surface area contributed by atoms with Gasteiger partial charge in [-0.05, 0) is 65.4 Å². The molecule has 0 saturated heterocycles. The van der Waals surface area contributed by atoms with Crippen LogP contribution < -0.4 is 0 Å². The number of hydrogen-bond donors (Lipinski definition) is 0. The Labute approximate surface area is 197 Å². The van der Waals surface area contributed by atoms with Crippen LogP contribution in [0.3, 0.4) is 0 Å². The van der Waals surface area contributed by atoms with Gasteiger partial charge in [-0.25, -0.2) is 0 Å². The molecule has 0 radical (unpaired) electrons. The number of unbranched alkanes of at least 4 members (excludes halogenated alkanes) is 2. The average molecular weight is 468 g/mol. The van der Waals surface area contributed by atoms with Crippen molar-refractivity contribution in [1.82, 2.24) is 0 Å². The molecule has 1 aromatic rings. The van der Waals surface area contributed by atoms with Crippen molar-refractivity contribution in [2.45, 2.75) is 95.5 Å². The second-order valence-corrected chi connectivity index (χ2v) is 12.7. The standard InChI is InChI=1S/C27H41Cl2P/c1-19(2)22-14-15-23(24(18-22)20(3)4)25-12-9-10-16-27(25,21(5)6)30-17-11-7-8-13-26(28)29/h9-10,12,14-15,18-21,26,30H,7-8,11,13,16-17H2,1-6H3. The minimum Gasteiger partial charge on any atom is -0.110 e. The Morgan fingerprint density at radius 3 is 2.30 bits per heavy atom. The summed E-state index contributed by atoms with van der Waals surface area (Å²) in [5.74, 6) is 1.71. The van der Waals surface area contributed by atoms with Gasteiger partial charge in [0.25, 0.3) is 0 Å². The summed E-state index contributed by atoms with van der Waals surface area (Å²) in [4.78, 5) is -0.212. The molecule has 0 saturated carbocycles. The lowest BCUT2D eigenvalue weighted by Crippen LogP contribution is -2.33. The van der Waals surface area contributed by atoms with Crippen molar-refractivity contribution in [3.63, 3.8) is 0 Å². The van der Waals surface area contributed by atoms with E-state index in [0.717, 1.165) is 27.8 Å². The summed E-state index contributed by atoms with van der Waals surface area (Å²) in [6.07, 6.45) is 14.1. The van der Waals surface area contributed by atoms with Crippen molar-refractivity contribution in [2.24, 2.45) is 5.92 Å². The third-order valence-electron chi connectivity index (χ3n) is 6.50. The predicted molar refractivity (Wildman–Crippen MR) is 141 cm³/mol. The predicted octanol–water partition coefficient (Wildman–Crippen LogP) is 9.71. The van der Waals surface area contributed by atoms with Gasteiger partial charge in [0.2, 0.25) is 0 Å². The van der Waals surface area contributed by atoms with E-state index in [1.165, 1.54) is 35.7 Å². The summed E-state index contributed by atoms with van der Waals surface area (Å²) in [5.41, 5.74) is 6.00. The van der Waals surface area contributed by atoms with Crippen LogP contribution in [-0.2, 0) is 0 Å². The first-order chi connectivity index (χ1) is 14.2. The minimum absolute atomic E-state index is 0.212. The first-order valence-electron chi connectivity index (χ1n) is 11.7. The number of hydrogen-bond acceptors (Lipinski definition) is 0. The van der Waals surface area contributed by atoms with Crippen molar-refractivity contribution in [2.75, 3.05) is 6.16 Å². The number of alkyl halides is 2. The third kappa shape index (κ3) is 6.60. The summed E-state index contributed by atoms with van der Waals surface area (Å²) in [5, 5.41) is 0.249. The average Bonchev–Trinajstić information content (AvgIpc) is 2.69. The van der Waals surface area contributed by atoms with Crippen LogP contribution in [0.25, 0.3) is 5.57 Å². The van der Waals surface area contributed by atoms with Crippen molar-refractivity contribution < 1.29 is 0 Å². The summed E-state index contributed by atoms with van der Waals surface area (Å²) >= 11 is 11.8. The van der Waals surface area contributed by atoms with Crippen LogP contribution in [-0.4, -0.2) is 16.2 Å². The summed E-state index contributed by atoms with van der Waals surface area (Å²) in [6.45, 7) is 14.1. The molecule has 0 bridgehead atoms. The molecule has 2 atom stereocenters. The molecule has 3 heteroatoms. The van der Waals surface area contributed by atoms with Gasteiger partial charge in [0.05, 0.1) is 0 Å². The van der Waals surface area contributed by atoms with E-state index in [9.17, 15) is 0 Å². The monoisotopic (exact) mass is 466 g/mol. The van der Waals surface area contributed by atoms with Gasteiger partial charge in [-0.1, -0.05) is 90.8 Å². The van der Waals surface area contributed by atoms with Crippen LogP contribution in [0.5, 0.6) is 0 Å². The molecular weight excluding hydrogens is 426 g/mol. The fourth-order valence-electron chi connectivity index (χ4n) is 4.50. The van der Waals surface area contributed by atoms with Gasteiger partial charge < -0.3 is 0 Å². The molecule has 0 heterocycles. The molecule has 0 aromatic heterocycles. The van der Waals surface area contributed by atoms with Crippen LogP contribution in [0.1, 0.15) is 102 Å². The normalized spacial score (nSPS) is 19.8. The molecule has 1 aromatic carbocycles. The number of benzene rings is 1. The molecule has 2 rings (SSSR count). The third-order valence-corrected chi connectivity index (χ3v) is 9.22. The Balaban J connectivity index is 2.30. The van der Waals surface area contributed by atoms with Gasteiger partial charge >= 0.3 is 0 Å². The highest BCUT2D eigenvalue weighted by Gasteiger charge is 2.38. The molecule has 0 spiro atoms. The van der Waals surface area contributed by atoms with Crippen LogP contribution in [0.4, 0.5) is 0 Å². The molecule has 2 unspecified atom stereocenters. The molecule has 1 aliphatic rings. The Hall–Kier alpha value is -0.290. The molecule has 1 aliphatic carbocycles. The van der Waals surface area contributed by atoms with Crippen LogP contribution >= 0.6 is 31.8 Å². The van der Waals surface area contributed by atoms with E-state index < -0.39 is 0 Å². The van der Waals surface area contributed by atoms with Crippen molar-refractivity contribution in [3.8, 4) is 0 Å². The van der Waals surface area contributed by atoms with Gasteiger partial charge in [-0.2, -0.15) is 0 Å². The van der Waals surface area contributed by atoms with E-state index in [4.69, 9.17) is 23.2 Å². The Bertz CT molecular complexity index is 730. The van der Waals surface area contributed by atoms with Gasteiger partial charge in [-0.3, -0.25) is 0 Å². The smallest absolute Gasteiger partial charge is 0.107 e. The van der Waals surface area contributed by atoms with Crippen molar-refractivity contribution in [3.05, 3.63) is 53.1 Å². The van der Waals surface area contributed by atoms with E-state index in [-0.39, 0.29) is 9.99 Å². The highest BCUT2D eigenvalue weighted by Crippen LogP contribution is 2.54. The molecule has 168 valence electrons. The van der Waals surface area contributed by atoms with Gasteiger partial charge in [0.1, 0.15) is 4.84 Å². The zero-order valence-electron chi connectivity index (χ0n) is 19.8. The van der Waals surface area contributed by atoms with E-state index in [2.05, 4.69) is 78.0 Å². The quantitative estimate of drug-likeness (QED) is 0.173. The second-order valence-electron chi connectivity index (χ2n) is 9.66. The maximum Gasteiger partial charge on any atom is 0.107 e. The Kier molecular flexibility index (Phi) is 10.5. The molecular formula is C27H41Cl2P. The number of rotatable bonds is 11. The van der Waals surface area contributed by atoms with Crippen molar-refractivity contribution >= 4 is 37.4 Å². The minimum atomic E-state index is -0.212. The van der Waals surface area contributed by atoms with Crippen LogP contribution in [0.15, 0.2) is 36.4 Å². The maximum absolute atomic E-state index is 5.89. The first-order valence-corrected chi connectivity index (χ1v) is 13.8.